The van der Waals surface area contributed by atoms with Crippen LogP contribution in [0.2, 0.25) is 0 Å². The zero-order chi connectivity index (χ0) is 35.6. The minimum atomic E-state index is -2.05. The number of hydrogen-bond donors (Lipinski definition) is 14. The molecular weight excluding hydrogens is 662 g/mol. The first-order valence-corrected chi connectivity index (χ1v) is 15.1. The average molecular weight is 708 g/mol. The molecule has 4 aliphatic heterocycles. The van der Waals surface area contributed by atoms with Crippen LogP contribution in [0.4, 0.5) is 0 Å². The van der Waals surface area contributed by atoms with E-state index in [-0.39, 0.29) is 0 Å². The summed E-state index contributed by atoms with van der Waals surface area (Å²) in [5.41, 5.74) is 0. The van der Waals surface area contributed by atoms with Gasteiger partial charge in [-0.05, 0) is 0 Å². The normalized spacial score (nSPS) is 50.2. The Balaban J connectivity index is 1.51. The molecule has 0 aromatic carbocycles. The largest absolute Gasteiger partial charge is 0.394 e. The fraction of sp³-hybridized carbons (Fsp3) is 0.962. The molecule has 0 aromatic heterocycles. The standard InChI is InChI=1S/C26H45NO21/c1-6(31)27-11-16(36)12(32)7(2-28)44-24(11)48-22-18(38)14(34)9(4-30)46-26(22)42-5-10-15(35)21(20(40)23(41)43-10)47-25-19(39)17(37)13(33)8(3-29)45-25/h7-26,28-30,32-41H,2-5H2,1H3,(H,27,31)/t7-,8-,9-,10-,11-,12-,13-,14-,15-,16-,17+,18+,19+,20+,21+,22+,23?,24+,25-,26+/m1/s1. The van der Waals surface area contributed by atoms with Gasteiger partial charge in [-0.15, -0.1) is 0 Å². The molecule has 280 valence electrons. The highest BCUT2D eigenvalue weighted by molar-refractivity contribution is 5.73. The monoisotopic (exact) mass is 707 g/mol. The van der Waals surface area contributed by atoms with Crippen LogP contribution < -0.4 is 5.32 Å². The van der Waals surface area contributed by atoms with Gasteiger partial charge in [0.15, 0.2) is 25.2 Å². The lowest BCUT2D eigenvalue weighted by molar-refractivity contribution is -0.371. The van der Waals surface area contributed by atoms with E-state index in [1.165, 1.54) is 0 Å². The lowest BCUT2D eigenvalue weighted by Gasteiger charge is -2.47. The van der Waals surface area contributed by atoms with Crippen molar-refractivity contribution >= 4 is 5.91 Å². The summed E-state index contributed by atoms with van der Waals surface area (Å²) >= 11 is 0. The van der Waals surface area contributed by atoms with E-state index in [1.54, 1.807) is 0 Å². The van der Waals surface area contributed by atoms with Gasteiger partial charge >= 0.3 is 0 Å². The average Bonchev–Trinajstić information content (AvgIpc) is 3.06. The lowest BCUT2D eigenvalue weighted by atomic mass is 9.95. The van der Waals surface area contributed by atoms with Crippen LogP contribution in [0, 0.1) is 0 Å². The number of carbonyl (C=O) groups excluding carboxylic acids is 1. The minimum absolute atomic E-state index is 0.691. The van der Waals surface area contributed by atoms with E-state index in [9.17, 15) is 71.2 Å². The van der Waals surface area contributed by atoms with Gasteiger partial charge in [-0.3, -0.25) is 4.79 Å². The van der Waals surface area contributed by atoms with E-state index in [1.807, 2.05) is 0 Å². The molecule has 0 aliphatic carbocycles. The summed E-state index contributed by atoms with van der Waals surface area (Å²) in [7, 11) is 0. The van der Waals surface area contributed by atoms with Crippen molar-refractivity contribution in [1.29, 1.82) is 0 Å². The molecule has 1 unspecified atom stereocenters. The van der Waals surface area contributed by atoms with E-state index >= 15 is 0 Å². The topological polar surface area (TPSA) is 357 Å². The summed E-state index contributed by atoms with van der Waals surface area (Å²) in [4.78, 5) is 11.8. The predicted octanol–water partition coefficient (Wildman–Crippen LogP) is -9.61. The molecule has 4 heterocycles. The van der Waals surface area contributed by atoms with Gasteiger partial charge in [-0.25, -0.2) is 0 Å². The highest BCUT2D eigenvalue weighted by Gasteiger charge is 2.54. The van der Waals surface area contributed by atoms with Crippen LogP contribution in [-0.2, 0) is 38.0 Å². The number of nitrogens with one attached hydrogen (secondary N) is 1. The van der Waals surface area contributed by atoms with E-state index in [4.69, 9.17) is 33.2 Å². The number of hydrogen-bond acceptors (Lipinski definition) is 21. The molecule has 0 bridgehead atoms. The first-order valence-electron chi connectivity index (χ1n) is 15.1. The van der Waals surface area contributed by atoms with Gasteiger partial charge < -0.3 is 105 Å². The Morgan fingerprint density at radius 3 is 1.60 bits per heavy atom. The molecule has 22 nitrogen and oxygen atoms in total. The molecule has 20 atom stereocenters. The Kier molecular flexibility index (Phi) is 13.8. The van der Waals surface area contributed by atoms with E-state index in [0.29, 0.717) is 0 Å². The van der Waals surface area contributed by atoms with Crippen LogP contribution in [0.3, 0.4) is 0 Å². The summed E-state index contributed by atoms with van der Waals surface area (Å²) in [5, 5.41) is 136. The summed E-state index contributed by atoms with van der Waals surface area (Å²) in [5.74, 6) is -0.691. The van der Waals surface area contributed by atoms with E-state index < -0.39 is 155 Å². The van der Waals surface area contributed by atoms with Gasteiger partial charge in [0.2, 0.25) is 5.91 Å². The van der Waals surface area contributed by atoms with E-state index in [2.05, 4.69) is 5.32 Å². The minimum Gasteiger partial charge on any atom is -0.394 e. The predicted molar refractivity (Wildman–Crippen MR) is 145 cm³/mol. The molecule has 4 saturated heterocycles. The van der Waals surface area contributed by atoms with Crippen molar-refractivity contribution in [3.05, 3.63) is 0 Å². The van der Waals surface area contributed by atoms with Gasteiger partial charge in [0.05, 0.1) is 26.4 Å². The molecule has 0 radical (unpaired) electrons. The van der Waals surface area contributed by atoms with Gasteiger partial charge in [0.1, 0.15) is 97.6 Å². The van der Waals surface area contributed by atoms with Crippen molar-refractivity contribution in [2.75, 3.05) is 26.4 Å². The van der Waals surface area contributed by atoms with Crippen molar-refractivity contribution in [2.45, 2.75) is 130 Å². The number of aliphatic hydroxyl groups is 13. The SMILES string of the molecule is CC(=O)N[C@H]1[C@H](O[C@@H]2[C@@H](OC[C@H]3OC(O)[C@@H](O)[C@@H](O[C@H]4O[C@H](CO)[C@@H](O)[C@H](O)[C@@H]4O)[C@@H]3O)O[C@H](CO)[C@@H](O)[C@@H]2O)O[C@H](CO)[C@@H](O)[C@@H]1O. The van der Waals surface area contributed by atoms with Gasteiger partial charge in [-0.1, -0.05) is 0 Å². The third kappa shape index (κ3) is 8.24. The first kappa shape index (κ1) is 39.5. The fourth-order valence-corrected chi connectivity index (χ4v) is 5.82. The molecule has 4 aliphatic rings. The van der Waals surface area contributed by atoms with Crippen LogP contribution in [0.25, 0.3) is 0 Å². The lowest BCUT2D eigenvalue weighted by Crippen LogP contribution is -2.68. The van der Waals surface area contributed by atoms with Crippen molar-refractivity contribution in [3.63, 3.8) is 0 Å². The van der Waals surface area contributed by atoms with Crippen LogP contribution in [0.5, 0.6) is 0 Å². The van der Waals surface area contributed by atoms with Crippen molar-refractivity contribution in [1.82, 2.24) is 5.32 Å². The Morgan fingerprint density at radius 1 is 0.542 bits per heavy atom. The number of aliphatic hydroxyl groups excluding tert-OH is 13. The molecule has 0 spiro atoms. The maximum absolute atomic E-state index is 11.8. The molecule has 4 rings (SSSR count). The van der Waals surface area contributed by atoms with Crippen LogP contribution in [0.1, 0.15) is 6.92 Å². The Hall–Kier alpha value is -1.33. The number of amides is 1. The van der Waals surface area contributed by atoms with Crippen LogP contribution in [0.15, 0.2) is 0 Å². The van der Waals surface area contributed by atoms with E-state index in [0.717, 1.165) is 6.92 Å². The van der Waals surface area contributed by atoms with Crippen molar-refractivity contribution in [3.8, 4) is 0 Å². The third-order valence-electron chi connectivity index (χ3n) is 8.59. The molecule has 48 heavy (non-hydrogen) atoms. The molecular formula is C26H45NO21. The maximum atomic E-state index is 11.8. The number of ether oxygens (including phenoxy) is 7. The molecule has 0 aromatic rings. The summed E-state index contributed by atoms with van der Waals surface area (Å²) in [6.45, 7) is -2.11. The smallest absolute Gasteiger partial charge is 0.217 e. The van der Waals surface area contributed by atoms with Gasteiger partial charge in [0.25, 0.3) is 0 Å². The maximum Gasteiger partial charge on any atom is 0.217 e. The van der Waals surface area contributed by atoms with Gasteiger partial charge in [0, 0.05) is 6.92 Å². The van der Waals surface area contributed by atoms with Gasteiger partial charge in [-0.2, -0.15) is 0 Å². The number of carbonyl (C=O) groups is 1. The zero-order valence-electron chi connectivity index (χ0n) is 25.5. The Morgan fingerprint density at radius 2 is 1.04 bits per heavy atom. The molecule has 22 heteroatoms. The highest BCUT2D eigenvalue weighted by atomic mass is 16.8. The van der Waals surface area contributed by atoms with Crippen molar-refractivity contribution in [2.24, 2.45) is 0 Å². The second kappa shape index (κ2) is 16.8. The first-order chi connectivity index (χ1) is 22.6. The van der Waals surface area contributed by atoms with Crippen LogP contribution >= 0.6 is 0 Å². The molecule has 0 saturated carbocycles. The summed E-state index contributed by atoms with van der Waals surface area (Å²) < 4.78 is 38.4. The summed E-state index contributed by atoms with van der Waals surface area (Å²) in [6.07, 6.45) is -33.3. The third-order valence-corrected chi connectivity index (χ3v) is 8.59. The van der Waals surface area contributed by atoms with Crippen LogP contribution in [-0.4, -0.2) is 221 Å². The highest BCUT2D eigenvalue weighted by Crippen LogP contribution is 2.32. The molecule has 1 amide bonds. The number of rotatable bonds is 11. The molecule has 14 N–H and O–H groups in total. The molecule has 4 fully saturated rings. The second-order valence-electron chi connectivity index (χ2n) is 11.9. The van der Waals surface area contributed by atoms with Crippen molar-refractivity contribution < 1.29 is 104 Å². The summed E-state index contributed by atoms with van der Waals surface area (Å²) in [6, 6.07) is -1.48. The Bertz CT molecular complexity index is 1030. The zero-order valence-corrected chi connectivity index (χ0v) is 25.5. The fourth-order valence-electron chi connectivity index (χ4n) is 5.82. The second-order valence-corrected chi connectivity index (χ2v) is 11.9. The quantitative estimate of drug-likeness (QED) is 0.0947. The Labute approximate surface area is 272 Å².